The van der Waals surface area contributed by atoms with Crippen LogP contribution in [0.3, 0.4) is 0 Å². The summed E-state index contributed by atoms with van der Waals surface area (Å²) in [5.41, 5.74) is 0.629. The maximum atomic E-state index is 12.6. The summed E-state index contributed by atoms with van der Waals surface area (Å²) in [6, 6.07) is 7.19. The van der Waals surface area contributed by atoms with Crippen molar-refractivity contribution in [2.45, 2.75) is 6.42 Å². The molecule has 2 aliphatic heterocycles. The van der Waals surface area contributed by atoms with Gasteiger partial charge in [-0.15, -0.1) is 12.4 Å². The van der Waals surface area contributed by atoms with Gasteiger partial charge < -0.3 is 19.9 Å². The average Bonchev–Trinajstić information content (AvgIpc) is 3.15. The number of hydrogen-bond acceptors (Lipinski definition) is 4. The smallest absolute Gasteiger partial charge is 0.254 e. The topological polar surface area (TPSA) is 61.9 Å². The van der Waals surface area contributed by atoms with E-state index in [4.69, 9.17) is 4.74 Å². The highest BCUT2D eigenvalue weighted by Gasteiger charge is 2.30. The van der Waals surface area contributed by atoms with Crippen molar-refractivity contribution in [2.24, 2.45) is 5.92 Å². The van der Waals surface area contributed by atoms with Crippen molar-refractivity contribution in [3.05, 3.63) is 29.8 Å². The Labute approximate surface area is 148 Å². The second-order valence-electron chi connectivity index (χ2n) is 6.04. The van der Waals surface area contributed by atoms with Gasteiger partial charge in [0, 0.05) is 38.3 Å². The zero-order valence-electron chi connectivity index (χ0n) is 13.9. The number of nitrogens with zero attached hydrogens (tertiary/aromatic N) is 2. The number of halogens is 1. The predicted octanol–water partition coefficient (Wildman–Crippen LogP) is 1.01. The van der Waals surface area contributed by atoms with E-state index < -0.39 is 0 Å². The molecule has 0 radical (unpaired) electrons. The Morgan fingerprint density at radius 2 is 1.88 bits per heavy atom. The van der Waals surface area contributed by atoms with Gasteiger partial charge in [0.15, 0.2) is 0 Å². The minimum absolute atomic E-state index is 0. The summed E-state index contributed by atoms with van der Waals surface area (Å²) in [6.45, 7) is 4.10. The number of carbonyl (C=O) groups excluding carboxylic acids is 2. The summed E-state index contributed by atoms with van der Waals surface area (Å²) in [5, 5.41) is 3.23. The molecule has 7 heteroatoms. The first-order valence-corrected chi connectivity index (χ1v) is 8.12. The number of ether oxygens (including phenoxy) is 1. The molecule has 24 heavy (non-hydrogen) atoms. The first-order chi connectivity index (χ1) is 11.2. The summed E-state index contributed by atoms with van der Waals surface area (Å²) in [6.07, 6.45) is 0.918. The van der Waals surface area contributed by atoms with Gasteiger partial charge in [0.1, 0.15) is 5.75 Å². The number of nitrogens with one attached hydrogen (secondary N) is 1. The summed E-state index contributed by atoms with van der Waals surface area (Å²) in [4.78, 5) is 28.7. The minimum Gasteiger partial charge on any atom is -0.497 e. The number of rotatable bonds is 3. The lowest BCUT2D eigenvalue weighted by atomic mass is 10.1. The van der Waals surface area contributed by atoms with Gasteiger partial charge in [0.2, 0.25) is 5.91 Å². The van der Waals surface area contributed by atoms with Gasteiger partial charge in [-0.1, -0.05) is 6.07 Å². The monoisotopic (exact) mass is 353 g/mol. The fourth-order valence-corrected chi connectivity index (χ4v) is 3.19. The fourth-order valence-electron chi connectivity index (χ4n) is 3.19. The van der Waals surface area contributed by atoms with Gasteiger partial charge in [0.25, 0.3) is 5.91 Å². The molecule has 132 valence electrons. The molecule has 0 spiro atoms. The molecule has 1 atom stereocenters. The highest BCUT2D eigenvalue weighted by atomic mass is 35.5. The van der Waals surface area contributed by atoms with Crippen LogP contribution < -0.4 is 10.1 Å². The van der Waals surface area contributed by atoms with Crippen LogP contribution in [0.25, 0.3) is 0 Å². The molecule has 1 aromatic rings. The van der Waals surface area contributed by atoms with Crippen molar-refractivity contribution in [1.29, 1.82) is 0 Å². The zero-order chi connectivity index (χ0) is 16.2. The standard InChI is InChI=1S/C17H23N3O3.ClH/c1-23-15-4-2-3-13(11-15)16(21)19-7-9-20(10-8-19)17(22)14-5-6-18-12-14;/h2-4,11,14,18H,5-10,12H2,1H3;1H. The molecule has 2 amide bonds. The average molecular weight is 354 g/mol. The molecule has 1 N–H and O–H groups in total. The van der Waals surface area contributed by atoms with E-state index in [9.17, 15) is 9.59 Å². The van der Waals surface area contributed by atoms with E-state index in [2.05, 4.69) is 5.32 Å². The Kier molecular flexibility index (Phi) is 6.45. The maximum Gasteiger partial charge on any atom is 0.254 e. The van der Waals surface area contributed by atoms with Crippen molar-refractivity contribution in [2.75, 3.05) is 46.4 Å². The number of piperazine rings is 1. The molecule has 0 bridgehead atoms. The van der Waals surface area contributed by atoms with Crippen molar-refractivity contribution in [3.8, 4) is 5.75 Å². The number of hydrogen-bond donors (Lipinski definition) is 1. The Bertz CT molecular complexity index is 582. The zero-order valence-corrected chi connectivity index (χ0v) is 14.7. The van der Waals surface area contributed by atoms with E-state index in [0.717, 1.165) is 19.5 Å². The minimum atomic E-state index is -0.00136. The first-order valence-electron chi connectivity index (χ1n) is 8.12. The molecular weight excluding hydrogens is 330 g/mol. The van der Waals surface area contributed by atoms with Crippen LogP contribution in [0.5, 0.6) is 5.75 Å². The Morgan fingerprint density at radius 1 is 1.17 bits per heavy atom. The number of carbonyl (C=O) groups is 2. The van der Waals surface area contributed by atoms with Crippen LogP contribution in [-0.2, 0) is 4.79 Å². The van der Waals surface area contributed by atoms with Crippen LogP contribution in [0.1, 0.15) is 16.8 Å². The predicted molar refractivity (Wildman–Crippen MR) is 93.7 cm³/mol. The fraction of sp³-hybridized carbons (Fsp3) is 0.529. The van der Waals surface area contributed by atoms with Gasteiger partial charge in [-0.05, 0) is 31.2 Å². The molecular formula is C17H24ClN3O3. The van der Waals surface area contributed by atoms with E-state index in [1.807, 2.05) is 21.9 Å². The van der Waals surface area contributed by atoms with Crippen molar-refractivity contribution >= 4 is 24.2 Å². The molecule has 0 saturated carbocycles. The van der Waals surface area contributed by atoms with Crippen LogP contribution >= 0.6 is 12.4 Å². The highest BCUT2D eigenvalue weighted by molar-refractivity contribution is 5.94. The third kappa shape index (κ3) is 3.99. The summed E-state index contributed by atoms with van der Waals surface area (Å²) in [7, 11) is 1.59. The first kappa shape index (κ1) is 18.5. The highest BCUT2D eigenvalue weighted by Crippen LogP contribution is 2.17. The molecule has 6 nitrogen and oxygen atoms in total. The molecule has 2 heterocycles. The van der Waals surface area contributed by atoms with Crippen LogP contribution in [0.15, 0.2) is 24.3 Å². The second kappa shape index (κ2) is 8.35. The third-order valence-electron chi connectivity index (χ3n) is 4.60. The molecule has 1 unspecified atom stereocenters. The Balaban J connectivity index is 0.00000208. The molecule has 2 saturated heterocycles. The van der Waals surface area contributed by atoms with Crippen LogP contribution in [-0.4, -0.2) is 68.0 Å². The molecule has 0 aromatic heterocycles. The van der Waals surface area contributed by atoms with Crippen LogP contribution in [0, 0.1) is 5.92 Å². The van der Waals surface area contributed by atoms with Crippen molar-refractivity contribution in [3.63, 3.8) is 0 Å². The van der Waals surface area contributed by atoms with E-state index >= 15 is 0 Å². The molecule has 3 rings (SSSR count). The van der Waals surface area contributed by atoms with E-state index in [1.165, 1.54) is 0 Å². The Hall–Kier alpha value is -1.79. The lowest BCUT2D eigenvalue weighted by molar-refractivity contribution is -0.136. The largest absolute Gasteiger partial charge is 0.497 e. The number of methoxy groups -OCH3 is 1. The second-order valence-corrected chi connectivity index (χ2v) is 6.04. The third-order valence-corrected chi connectivity index (χ3v) is 4.60. The van der Waals surface area contributed by atoms with E-state index in [0.29, 0.717) is 37.5 Å². The lowest BCUT2D eigenvalue weighted by Crippen LogP contribution is -2.52. The van der Waals surface area contributed by atoms with Gasteiger partial charge >= 0.3 is 0 Å². The number of amides is 2. The van der Waals surface area contributed by atoms with Crippen LogP contribution in [0.4, 0.5) is 0 Å². The van der Waals surface area contributed by atoms with Gasteiger partial charge in [-0.2, -0.15) is 0 Å². The van der Waals surface area contributed by atoms with Gasteiger partial charge in [-0.25, -0.2) is 0 Å². The lowest BCUT2D eigenvalue weighted by Gasteiger charge is -2.36. The van der Waals surface area contributed by atoms with Gasteiger partial charge in [0.05, 0.1) is 13.0 Å². The SMILES string of the molecule is COc1cccc(C(=O)N2CCN(C(=O)C3CCNC3)CC2)c1.Cl. The summed E-state index contributed by atoms with van der Waals surface area (Å²) < 4.78 is 5.17. The van der Waals surface area contributed by atoms with Gasteiger partial charge in [-0.3, -0.25) is 9.59 Å². The van der Waals surface area contributed by atoms with Crippen LogP contribution in [0.2, 0.25) is 0 Å². The normalized spacial score (nSPS) is 20.5. The Morgan fingerprint density at radius 3 is 2.50 bits per heavy atom. The van der Waals surface area contributed by atoms with Crippen molar-refractivity contribution in [1.82, 2.24) is 15.1 Å². The maximum absolute atomic E-state index is 12.6. The summed E-state index contributed by atoms with van der Waals surface area (Å²) in [5.74, 6) is 1.01. The quantitative estimate of drug-likeness (QED) is 0.881. The molecule has 0 aliphatic carbocycles. The number of benzene rings is 1. The summed E-state index contributed by atoms with van der Waals surface area (Å²) >= 11 is 0. The molecule has 1 aromatic carbocycles. The van der Waals surface area contributed by atoms with E-state index in [1.54, 1.807) is 19.2 Å². The van der Waals surface area contributed by atoms with E-state index in [-0.39, 0.29) is 30.1 Å². The van der Waals surface area contributed by atoms with Crippen molar-refractivity contribution < 1.29 is 14.3 Å². The molecule has 2 aliphatic rings. The molecule has 2 fully saturated rings.